The lowest BCUT2D eigenvalue weighted by Crippen LogP contribution is -2.49. The molecule has 0 spiro atoms. The molecule has 0 radical (unpaired) electrons. The Morgan fingerprint density at radius 1 is 1.13 bits per heavy atom. The molecule has 9 heteroatoms. The molecule has 1 aromatic carbocycles. The fourth-order valence-electron chi connectivity index (χ4n) is 3.27. The summed E-state index contributed by atoms with van der Waals surface area (Å²) in [6.07, 6.45) is -0.727. The zero-order valence-corrected chi connectivity index (χ0v) is 18.9. The number of amides is 2. The first-order chi connectivity index (χ1) is 13.9. The number of carbonyl (C=O) groups excluding carboxylic acids is 3. The molecular weight excluding hydrogens is 408 g/mol. The van der Waals surface area contributed by atoms with E-state index in [1.807, 2.05) is 6.92 Å². The second-order valence-corrected chi connectivity index (χ2v) is 10.4. The van der Waals surface area contributed by atoms with Crippen LogP contribution in [0, 0.1) is 12.8 Å². The van der Waals surface area contributed by atoms with Crippen molar-refractivity contribution in [3.8, 4) is 0 Å². The Hall–Kier alpha value is -2.42. The number of likely N-dealkylation sites (N-methyl/N-ethyl adjacent to an activating group) is 1. The van der Waals surface area contributed by atoms with Gasteiger partial charge in [0.2, 0.25) is 0 Å². The normalized spacial score (nSPS) is 19.7. The van der Waals surface area contributed by atoms with E-state index in [4.69, 9.17) is 4.74 Å². The topological polar surface area (TPSA) is 110 Å². The lowest BCUT2D eigenvalue weighted by atomic mass is 10.0. The van der Waals surface area contributed by atoms with E-state index in [0.717, 1.165) is 5.56 Å². The second-order valence-electron chi connectivity index (χ2n) is 8.15. The summed E-state index contributed by atoms with van der Waals surface area (Å²) in [6, 6.07) is 5.60. The summed E-state index contributed by atoms with van der Waals surface area (Å²) in [5.41, 5.74) is 1.43. The molecule has 0 saturated carbocycles. The van der Waals surface area contributed by atoms with E-state index in [9.17, 15) is 22.8 Å². The molecule has 1 aliphatic rings. The molecule has 1 fully saturated rings. The number of hydrogen-bond donors (Lipinski definition) is 1. The van der Waals surface area contributed by atoms with Crippen molar-refractivity contribution in [3.63, 3.8) is 0 Å². The summed E-state index contributed by atoms with van der Waals surface area (Å²) in [5, 5.41) is 2.67. The van der Waals surface area contributed by atoms with Crippen molar-refractivity contribution in [2.75, 3.05) is 18.6 Å². The minimum Gasteiger partial charge on any atom is -0.451 e. The molecule has 0 aromatic heterocycles. The lowest BCUT2D eigenvalue weighted by Gasteiger charge is -2.28. The van der Waals surface area contributed by atoms with Gasteiger partial charge in [0.25, 0.3) is 11.8 Å². The standard InChI is InChI=1S/C21H30N2O6S/c1-13(2)18(22-19(24)16-8-6-14(3)7-9-16)21(26)29-15(4)20(25)23(5)17-10-11-30(27,28)12-17/h6-9,13,15,17-18H,10-12H2,1-5H3,(H,22,24)/t15-,17-,18-/m0/s1. The first-order valence-corrected chi connectivity index (χ1v) is 11.8. The minimum atomic E-state index is -3.14. The Balaban J connectivity index is 2.00. The Morgan fingerprint density at radius 2 is 1.73 bits per heavy atom. The molecule has 8 nitrogen and oxygen atoms in total. The number of carbonyl (C=O) groups is 3. The third kappa shape index (κ3) is 6.04. The molecule has 2 amide bonds. The Bertz CT molecular complexity index is 895. The number of esters is 1. The molecule has 1 N–H and O–H groups in total. The van der Waals surface area contributed by atoms with Crippen molar-refractivity contribution >= 4 is 27.6 Å². The molecule has 1 aliphatic heterocycles. The molecule has 0 unspecified atom stereocenters. The Kier molecular flexibility index (Phi) is 7.63. The molecule has 1 saturated heterocycles. The van der Waals surface area contributed by atoms with Crippen LogP contribution >= 0.6 is 0 Å². The molecule has 0 aliphatic carbocycles. The van der Waals surface area contributed by atoms with Gasteiger partial charge in [0, 0.05) is 18.7 Å². The second kappa shape index (κ2) is 9.59. The highest BCUT2D eigenvalue weighted by molar-refractivity contribution is 7.91. The van der Waals surface area contributed by atoms with Crippen molar-refractivity contribution in [3.05, 3.63) is 35.4 Å². The monoisotopic (exact) mass is 438 g/mol. The number of benzene rings is 1. The van der Waals surface area contributed by atoms with E-state index >= 15 is 0 Å². The van der Waals surface area contributed by atoms with Crippen LogP contribution in [0.1, 0.15) is 43.1 Å². The highest BCUT2D eigenvalue weighted by Crippen LogP contribution is 2.18. The van der Waals surface area contributed by atoms with Crippen LogP contribution in [0.15, 0.2) is 24.3 Å². The highest BCUT2D eigenvalue weighted by Gasteiger charge is 2.36. The van der Waals surface area contributed by atoms with Crippen molar-refractivity contribution in [1.29, 1.82) is 0 Å². The van der Waals surface area contributed by atoms with Gasteiger partial charge in [-0.1, -0.05) is 31.5 Å². The smallest absolute Gasteiger partial charge is 0.329 e. The van der Waals surface area contributed by atoms with Gasteiger partial charge in [0.15, 0.2) is 15.9 Å². The first kappa shape index (κ1) is 23.9. The zero-order valence-electron chi connectivity index (χ0n) is 18.0. The van der Waals surface area contributed by atoms with Crippen LogP contribution < -0.4 is 5.32 Å². The number of ether oxygens (including phenoxy) is 1. The van der Waals surface area contributed by atoms with Gasteiger partial charge in [-0.3, -0.25) is 9.59 Å². The number of nitrogens with one attached hydrogen (secondary N) is 1. The fraction of sp³-hybridized carbons (Fsp3) is 0.571. The van der Waals surface area contributed by atoms with Crippen LogP contribution in [-0.4, -0.2) is 67.8 Å². The van der Waals surface area contributed by atoms with E-state index in [1.54, 1.807) is 38.1 Å². The van der Waals surface area contributed by atoms with Gasteiger partial charge in [-0.25, -0.2) is 13.2 Å². The van der Waals surface area contributed by atoms with Crippen molar-refractivity contribution in [2.24, 2.45) is 5.92 Å². The summed E-state index contributed by atoms with van der Waals surface area (Å²) in [6.45, 7) is 6.89. The summed E-state index contributed by atoms with van der Waals surface area (Å²) in [4.78, 5) is 39.1. The summed E-state index contributed by atoms with van der Waals surface area (Å²) in [7, 11) is -1.63. The van der Waals surface area contributed by atoms with Gasteiger partial charge in [-0.05, 0) is 38.3 Å². The zero-order chi connectivity index (χ0) is 22.6. The largest absolute Gasteiger partial charge is 0.451 e. The van der Waals surface area contributed by atoms with E-state index in [1.165, 1.54) is 18.9 Å². The molecule has 2 rings (SSSR count). The highest BCUT2D eigenvalue weighted by atomic mass is 32.2. The van der Waals surface area contributed by atoms with E-state index in [-0.39, 0.29) is 17.4 Å². The number of aryl methyl sites for hydroxylation is 1. The number of hydrogen-bond acceptors (Lipinski definition) is 6. The van der Waals surface area contributed by atoms with Gasteiger partial charge >= 0.3 is 5.97 Å². The van der Waals surface area contributed by atoms with Crippen LogP contribution in [0.5, 0.6) is 0 Å². The molecule has 30 heavy (non-hydrogen) atoms. The van der Waals surface area contributed by atoms with Gasteiger partial charge in [-0.15, -0.1) is 0 Å². The van der Waals surface area contributed by atoms with Gasteiger partial charge < -0.3 is 15.0 Å². The maximum atomic E-state index is 12.7. The first-order valence-electron chi connectivity index (χ1n) is 9.96. The Labute approximate surface area is 177 Å². The van der Waals surface area contributed by atoms with Crippen molar-refractivity contribution in [1.82, 2.24) is 10.2 Å². The molecule has 166 valence electrons. The average molecular weight is 439 g/mol. The van der Waals surface area contributed by atoms with Crippen molar-refractivity contribution in [2.45, 2.75) is 52.3 Å². The number of rotatable bonds is 7. The Morgan fingerprint density at radius 3 is 2.23 bits per heavy atom. The van der Waals surface area contributed by atoms with Crippen LogP contribution in [0.25, 0.3) is 0 Å². The van der Waals surface area contributed by atoms with Crippen LogP contribution in [0.4, 0.5) is 0 Å². The predicted octanol–water partition coefficient (Wildman–Crippen LogP) is 1.33. The molecule has 1 aromatic rings. The van der Waals surface area contributed by atoms with Gasteiger partial charge in [-0.2, -0.15) is 0 Å². The van der Waals surface area contributed by atoms with Crippen LogP contribution in [0.3, 0.4) is 0 Å². The third-order valence-corrected chi connectivity index (χ3v) is 7.02. The SMILES string of the molecule is Cc1ccc(C(=O)N[C@H](C(=O)O[C@@H](C)C(=O)N(C)[C@H]2CCS(=O)(=O)C2)C(C)C)cc1. The maximum Gasteiger partial charge on any atom is 0.329 e. The summed E-state index contributed by atoms with van der Waals surface area (Å²) >= 11 is 0. The lowest BCUT2D eigenvalue weighted by molar-refractivity contribution is -0.161. The quantitative estimate of drug-likeness (QED) is 0.643. The van der Waals surface area contributed by atoms with Gasteiger partial charge in [0.1, 0.15) is 6.04 Å². The molecule has 3 atom stereocenters. The minimum absolute atomic E-state index is 0.0456. The van der Waals surface area contributed by atoms with E-state index in [0.29, 0.717) is 12.0 Å². The van der Waals surface area contributed by atoms with Gasteiger partial charge in [0.05, 0.1) is 11.5 Å². The van der Waals surface area contributed by atoms with E-state index in [2.05, 4.69) is 5.32 Å². The fourth-order valence-corrected chi connectivity index (χ4v) is 5.05. The maximum absolute atomic E-state index is 12.7. The number of nitrogens with zero attached hydrogens (tertiary/aromatic N) is 1. The molecule has 1 heterocycles. The van der Waals surface area contributed by atoms with Crippen molar-refractivity contribution < 1.29 is 27.5 Å². The number of sulfone groups is 1. The molecular formula is C21H30N2O6S. The predicted molar refractivity (Wildman–Crippen MR) is 113 cm³/mol. The van der Waals surface area contributed by atoms with Crippen LogP contribution in [-0.2, 0) is 24.2 Å². The third-order valence-electron chi connectivity index (χ3n) is 5.27. The average Bonchev–Trinajstić information content (AvgIpc) is 3.04. The summed E-state index contributed by atoms with van der Waals surface area (Å²) < 4.78 is 28.6. The molecule has 0 bridgehead atoms. The van der Waals surface area contributed by atoms with E-state index < -0.39 is 45.8 Å². The summed E-state index contributed by atoms with van der Waals surface area (Å²) in [5.74, 6) is -1.89. The van der Waals surface area contributed by atoms with Crippen LogP contribution in [0.2, 0.25) is 0 Å².